The minimum absolute atomic E-state index is 0.0635. The number of aliphatic hydroxyl groups excluding tert-OH is 4. The number of ether oxygens (including phenoxy) is 4. The molecule has 5 N–H and O–H groups in total. The number of aliphatic hydroxyl groups is 5. The Kier molecular flexibility index (Phi) is 7.90. The summed E-state index contributed by atoms with van der Waals surface area (Å²) in [6.45, 7) is 1.05. The summed E-state index contributed by atoms with van der Waals surface area (Å²) in [6, 6.07) is 9.14. The van der Waals surface area contributed by atoms with Crippen molar-refractivity contribution in [1.29, 1.82) is 0 Å². The average molecular weight is 507 g/mol. The van der Waals surface area contributed by atoms with Crippen molar-refractivity contribution in [2.75, 3.05) is 6.61 Å². The van der Waals surface area contributed by atoms with Crippen molar-refractivity contribution in [2.24, 2.45) is 11.8 Å². The summed E-state index contributed by atoms with van der Waals surface area (Å²) < 4.78 is 22.3. The molecule has 0 unspecified atom stereocenters. The van der Waals surface area contributed by atoms with Gasteiger partial charge in [-0.1, -0.05) is 37.3 Å². The number of benzene rings is 1. The molecule has 2 aliphatic heterocycles. The van der Waals surface area contributed by atoms with Crippen LogP contribution in [0.15, 0.2) is 48.2 Å². The highest BCUT2D eigenvalue weighted by molar-refractivity contribution is 5.87. The summed E-state index contributed by atoms with van der Waals surface area (Å²) in [6.07, 6.45) is -5.52. The Morgan fingerprint density at radius 2 is 1.86 bits per heavy atom. The van der Waals surface area contributed by atoms with Gasteiger partial charge in [0, 0.05) is 18.4 Å². The maximum absolute atomic E-state index is 12.5. The molecule has 10 atom stereocenters. The molecule has 1 saturated heterocycles. The van der Waals surface area contributed by atoms with Gasteiger partial charge in [-0.25, -0.2) is 4.79 Å². The SMILES string of the molecule is C[C@@H]1[C@H]2[C@H](O[C@@H]3O[C@@H](CO)[C@@H](O)[C@@H](O)[C@@H]3O)OC=C(C=O)[C@@]2(O)C[C@@H]1OC(=O)/C=C/c1ccccc1. The summed E-state index contributed by atoms with van der Waals surface area (Å²) in [7, 11) is 0. The molecule has 36 heavy (non-hydrogen) atoms. The van der Waals surface area contributed by atoms with E-state index in [0.717, 1.165) is 11.8 Å². The summed E-state index contributed by atoms with van der Waals surface area (Å²) in [4.78, 5) is 24.2. The fourth-order valence-corrected chi connectivity index (χ4v) is 5.03. The van der Waals surface area contributed by atoms with Crippen molar-refractivity contribution >= 4 is 18.3 Å². The number of hydrogen-bond donors (Lipinski definition) is 5. The molecule has 1 aliphatic carbocycles. The molecule has 1 aromatic carbocycles. The molecule has 2 fully saturated rings. The zero-order chi connectivity index (χ0) is 26.0. The topological polar surface area (TPSA) is 172 Å². The molecule has 3 aliphatic rings. The monoisotopic (exact) mass is 506 g/mol. The molecule has 0 amide bonds. The first-order valence-electron chi connectivity index (χ1n) is 11.6. The van der Waals surface area contributed by atoms with Crippen LogP contribution in [0.3, 0.4) is 0 Å². The Labute approximate surface area is 207 Å². The van der Waals surface area contributed by atoms with Crippen molar-refractivity contribution < 1.29 is 54.1 Å². The van der Waals surface area contributed by atoms with Crippen LogP contribution in [0.25, 0.3) is 6.08 Å². The van der Waals surface area contributed by atoms with Gasteiger partial charge in [-0.15, -0.1) is 0 Å². The molecular weight excluding hydrogens is 476 g/mol. The quantitative estimate of drug-likeness (QED) is 0.179. The summed E-state index contributed by atoms with van der Waals surface area (Å²) in [5.74, 6) is -2.13. The van der Waals surface area contributed by atoms with E-state index in [1.54, 1.807) is 13.0 Å². The maximum atomic E-state index is 12.5. The highest BCUT2D eigenvalue weighted by atomic mass is 16.8. The van der Waals surface area contributed by atoms with Crippen molar-refractivity contribution in [3.05, 3.63) is 53.8 Å². The predicted octanol–water partition coefficient (Wildman–Crippen LogP) is -0.746. The Morgan fingerprint density at radius 1 is 1.14 bits per heavy atom. The molecule has 11 heteroatoms. The highest BCUT2D eigenvalue weighted by Gasteiger charge is 2.61. The van der Waals surface area contributed by atoms with Gasteiger partial charge in [-0.3, -0.25) is 4.79 Å². The first-order valence-corrected chi connectivity index (χ1v) is 11.6. The minimum atomic E-state index is -1.77. The minimum Gasteiger partial charge on any atom is -0.471 e. The third-order valence-electron chi connectivity index (χ3n) is 7.06. The maximum Gasteiger partial charge on any atom is 0.331 e. The third-order valence-corrected chi connectivity index (χ3v) is 7.06. The molecule has 0 radical (unpaired) electrons. The molecular formula is C25H30O11. The first-order chi connectivity index (χ1) is 17.2. The molecule has 4 rings (SSSR count). The summed E-state index contributed by atoms with van der Waals surface area (Å²) >= 11 is 0. The van der Waals surface area contributed by atoms with E-state index in [1.165, 1.54) is 6.08 Å². The fourth-order valence-electron chi connectivity index (χ4n) is 5.03. The molecule has 0 bridgehead atoms. The lowest BCUT2D eigenvalue weighted by Crippen LogP contribution is -2.61. The molecule has 2 heterocycles. The number of fused-ring (bicyclic) bond motifs is 1. The second kappa shape index (κ2) is 10.8. The lowest BCUT2D eigenvalue weighted by Gasteiger charge is -2.44. The van der Waals surface area contributed by atoms with Crippen molar-refractivity contribution in [3.8, 4) is 0 Å². The fraction of sp³-hybridized carbons (Fsp3) is 0.520. The Morgan fingerprint density at radius 3 is 2.53 bits per heavy atom. The molecule has 0 spiro atoms. The van der Waals surface area contributed by atoms with Crippen LogP contribution in [0.4, 0.5) is 0 Å². The standard InChI is InChI=1S/C25H30O11/c1-13-16(34-18(28)8-7-14-5-3-2-4-6-14)9-25(32)15(10-26)12-33-23(19(13)25)36-24-22(31)21(30)20(29)17(11-27)35-24/h2-8,10,12-13,16-17,19-24,27,29-32H,9,11H2,1H3/b8-7+/t13-,16-,17-,19-,20+,21+,22-,23-,24-,25-/m0/s1. The number of hydrogen-bond acceptors (Lipinski definition) is 11. The number of rotatable bonds is 7. The molecule has 0 aromatic heterocycles. The van der Waals surface area contributed by atoms with Gasteiger partial charge in [0.25, 0.3) is 0 Å². The van der Waals surface area contributed by atoms with E-state index in [4.69, 9.17) is 18.9 Å². The summed E-state index contributed by atoms with van der Waals surface area (Å²) in [5.41, 5.74) is -1.04. The third kappa shape index (κ3) is 4.96. The van der Waals surface area contributed by atoms with Gasteiger partial charge < -0.3 is 44.5 Å². The van der Waals surface area contributed by atoms with Crippen LogP contribution >= 0.6 is 0 Å². The lowest BCUT2D eigenvalue weighted by molar-refractivity contribution is -0.346. The van der Waals surface area contributed by atoms with Gasteiger partial charge in [-0.05, 0) is 11.6 Å². The lowest BCUT2D eigenvalue weighted by atomic mass is 9.79. The van der Waals surface area contributed by atoms with E-state index in [9.17, 15) is 35.1 Å². The van der Waals surface area contributed by atoms with Crippen molar-refractivity contribution in [1.82, 2.24) is 0 Å². The van der Waals surface area contributed by atoms with Crippen LogP contribution < -0.4 is 0 Å². The molecule has 11 nitrogen and oxygen atoms in total. The average Bonchev–Trinajstić information content (AvgIpc) is 3.13. The number of carbonyl (C=O) groups excluding carboxylic acids is 2. The predicted molar refractivity (Wildman–Crippen MR) is 121 cm³/mol. The van der Waals surface area contributed by atoms with Crippen LogP contribution in [-0.2, 0) is 28.5 Å². The summed E-state index contributed by atoms with van der Waals surface area (Å²) in [5, 5.41) is 51.3. The number of esters is 1. The van der Waals surface area contributed by atoms with E-state index in [1.807, 2.05) is 30.3 Å². The van der Waals surface area contributed by atoms with Gasteiger partial charge in [0.15, 0.2) is 12.6 Å². The zero-order valence-electron chi connectivity index (χ0n) is 19.5. The van der Waals surface area contributed by atoms with E-state index in [-0.39, 0.29) is 12.0 Å². The van der Waals surface area contributed by atoms with E-state index in [0.29, 0.717) is 6.29 Å². The Balaban J connectivity index is 1.51. The second-order valence-corrected chi connectivity index (χ2v) is 9.26. The van der Waals surface area contributed by atoms with Crippen LogP contribution in [0.5, 0.6) is 0 Å². The van der Waals surface area contributed by atoms with Gasteiger partial charge in [0.2, 0.25) is 6.29 Å². The second-order valence-electron chi connectivity index (χ2n) is 9.26. The van der Waals surface area contributed by atoms with Crippen molar-refractivity contribution in [2.45, 2.75) is 62.0 Å². The Hall–Kier alpha value is -2.64. The Bertz CT molecular complexity index is 993. The van der Waals surface area contributed by atoms with Gasteiger partial charge in [0.05, 0.1) is 24.4 Å². The highest BCUT2D eigenvalue weighted by Crippen LogP contribution is 2.50. The van der Waals surface area contributed by atoms with Crippen LogP contribution in [0, 0.1) is 11.8 Å². The van der Waals surface area contributed by atoms with E-state index >= 15 is 0 Å². The molecule has 1 aromatic rings. The normalized spacial score (nSPS) is 40.3. The van der Waals surface area contributed by atoms with E-state index < -0.39 is 73.1 Å². The number of aldehydes is 1. The smallest absolute Gasteiger partial charge is 0.331 e. The van der Waals surface area contributed by atoms with Gasteiger partial charge in [0.1, 0.15) is 36.1 Å². The van der Waals surface area contributed by atoms with Gasteiger partial charge >= 0.3 is 5.97 Å². The first kappa shape index (κ1) is 26.4. The van der Waals surface area contributed by atoms with Crippen LogP contribution in [0.1, 0.15) is 18.9 Å². The zero-order valence-corrected chi connectivity index (χ0v) is 19.5. The van der Waals surface area contributed by atoms with E-state index in [2.05, 4.69) is 0 Å². The van der Waals surface area contributed by atoms with Crippen LogP contribution in [-0.4, -0.2) is 93.1 Å². The molecule has 1 saturated carbocycles. The van der Waals surface area contributed by atoms with Gasteiger partial charge in [-0.2, -0.15) is 0 Å². The largest absolute Gasteiger partial charge is 0.471 e. The van der Waals surface area contributed by atoms with Crippen LogP contribution in [0.2, 0.25) is 0 Å². The number of carbonyl (C=O) groups is 2. The van der Waals surface area contributed by atoms with Crippen molar-refractivity contribution in [3.63, 3.8) is 0 Å². The molecule has 196 valence electrons.